The molecule has 0 spiro atoms. The Kier molecular flexibility index (Phi) is 6.29. The molecule has 0 saturated heterocycles. The second-order valence-corrected chi connectivity index (χ2v) is 6.01. The van der Waals surface area contributed by atoms with Crippen LogP contribution in [-0.2, 0) is 6.54 Å². The molecule has 0 saturated carbocycles. The second kappa shape index (κ2) is 7.49. The molecule has 1 N–H and O–H groups in total. The SMILES string of the molecule is CNCc1ccc(N(CC(C)C)CC(C)C)c(F)c1. The van der Waals surface area contributed by atoms with Gasteiger partial charge in [-0.15, -0.1) is 0 Å². The van der Waals surface area contributed by atoms with Gasteiger partial charge in [-0.2, -0.15) is 0 Å². The number of rotatable bonds is 7. The zero-order chi connectivity index (χ0) is 14.4. The molecule has 0 bridgehead atoms. The minimum absolute atomic E-state index is 0.117. The molecule has 19 heavy (non-hydrogen) atoms. The number of halogens is 1. The number of nitrogens with zero attached hydrogens (tertiary/aromatic N) is 1. The van der Waals surface area contributed by atoms with E-state index >= 15 is 0 Å². The Morgan fingerprint density at radius 1 is 1.11 bits per heavy atom. The molecule has 3 heteroatoms. The van der Waals surface area contributed by atoms with Crippen LogP contribution in [0.15, 0.2) is 18.2 Å². The Labute approximate surface area is 117 Å². The third kappa shape index (κ3) is 5.19. The van der Waals surface area contributed by atoms with Crippen LogP contribution in [0, 0.1) is 17.7 Å². The van der Waals surface area contributed by atoms with Crippen LogP contribution in [0.2, 0.25) is 0 Å². The molecule has 0 radical (unpaired) electrons. The first-order chi connectivity index (χ1) is 8.93. The Balaban J connectivity index is 2.94. The highest BCUT2D eigenvalue weighted by atomic mass is 19.1. The van der Waals surface area contributed by atoms with Crippen molar-refractivity contribution in [1.29, 1.82) is 0 Å². The van der Waals surface area contributed by atoms with E-state index in [0.717, 1.165) is 24.3 Å². The first-order valence-corrected chi connectivity index (χ1v) is 7.12. The summed E-state index contributed by atoms with van der Waals surface area (Å²) in [5.74, 6) is 0.930. The van der Waals surface area contributed by atoms with Gasteiger partial charge in [0.25, 0.3) is 0 Å². The predicted molar refractivity (Wildman–Crippen MR) is 81.1 cm³/mol. The highest BCUT2D eigenvalue weighted by molar-refractivity contribution is 5.49. The fourth-order valence-corrected chi connectivity index (χ4v) is 2.27. The average molecular weight is 266 g/mol. The minimum Gasteiger partial charge on any atom is -0.369 e. The van der Waals surface area contributed by atoms with Gasteiger partial charge in [0.2, 0.25) is 0 Å². The third-order valence-corrected chi connectivity index (χ3v) is 2.90. The lowest BCUT2D eigenvalue weighted by atomic mass is 10.1. The summed E-state index contributed by atoms with van der Waals surface area (Å²) in [6, 6.07) is 5.55. The van der Waals surface area contributed by atoms with E-state index in [2.05, 4.69) is 37.9 Å². The number of anilines is 1. The van der Waals surface area contributed by atoms with Crippen molar-refractivity contribution in [2.45, 2.75) is 34.2 Å². The molecule has 0 aliphatic rings. The fraction of sp³-hybridized carbons (Fsp3) is 0.625. The zero-order valence-corrected chi connectivity index (χ0v) is 12.8. The molecule has 108 valence electrons. The smallest absolute Gasteiger partial charge is 0.146 e. The van der Waals surface area contributed by atoms with Crippen molar-refractivity contribution in [2.24, 2.45) is 11.8 Å². The fourth-order valence-electron chi connectivity index (χ4n) is 2.27. The van der Waals surface area contributed by atoms with Crippen LogP contribution in [0.4, 0.5) is 10.1 Å². The van der Waals surface area contributed by atoms with Crippen molar-refractivity contribution in [3.8, 4) is 0 Å². The largest absolute Gasteiger partial charge is 0.369 e. The van der Waals surface area contributed by atoms with Gasteiger partial charge in [-0.3, -0.25) is 0 Å². The third-order valence-electron chi connectivity index (χ3n) is 2.90. The van der Waals surface area contributed by atoms with Crippen LogP contribution in [0.5, 0.6) is 0 Å². The highest BCUT2D eigenvalue weighted by Gasteiger charge is 2.14. The predicted octanol–water partition coefficient (Wildman–Crippen LogP) is 3.66. The molecule has 1 aromatic carbocycles. The van der Waals surface area contributed by atoms with Crippen LogP contribution in [0.25, 0.3) is 0 Å². The number of benzene rings is 1. The van der Waals surface area contributed by atoms with Crippen LogP contribution in [0.3, 0.4) is 0 Å². The van der Waals surface area contributed by atoms with E-state index in [0.29, 0.717) is 18.4 Å². The van der Waals surface area contributed by atoms with E-state index in [1.54, 1.807) is 6.07 Å². The van der Waals surface area contributed by atoms with Gasteiger partial charge >= 0.3 is 0 Å². The number of nitrogens with one attached hydrogen (secondary N) is 1. The van der Waals surface area contributed by atoms with Crippen molar-refractivity contribution < 1.29 is 4.39 Å². The normalized spacial score (nSPS) is 11.4. The molecule has 0 atom stereocenters. The van der Waals surface area contributed by atoms with E-state index in [1.807, 2.05) is 19.2 Å². The van der Waals surface area contributed by atoms with Crippen LogP contribution in [-0.4, -0.2) is 20.1 Å². The van der Waals surface area contributed by atoms with Crippen molar-refractivity contribution in [2.75, 3.05) is 25.0 Å². The molecule has 0 aliphatic carbocycles. The van der Waals surface area contributed by atoms with Crippen LogP contribution in [0.1, 0.15) is 33.3 Å². The quantitative estimate of drug-likeness (QED) is 0.810. The average Bonchev–Trinajstić information content (AvgIpc) is 2.27. The molecule has 1 aromatic rings. The summed E-state index contributed by atoms with van der Waals surface area (Å²) in [6.45, 7) is 11.1. The maximum Gasteiger partial charge on any atom is 0.146 e. The van der Waals surface area contributed by atoms with Gasteiger partial charge in [-0.05, 0) is 36.6 Å². The minimum atomic E-state index is -0.117. The van der Waals surface area contributed by atoms with Gasteiger partial charge in [0.15, 0.2) is 0 Å². The molecule has 0 aliphatic heterocycles. The first-order valence-electron chi connectivity index (χ1n) is 7.12. The maximum atomic E-state index is 14.3. The lowest BCUT2D eigenvalue weighted by molar-refractivity contribution is 0.537. The van der Waals surface area contributed by atoms with E-state index < -0.39 is 0 Å². The van der Waals surface area contributed by atoms with Crippen molar-refractivity contribution in [3.05, 3.63) is 29.6 Å². The van der Waals surface area contributed by atoms with Crippen LogP contribution >= 0.6 is 0 Å². The molecular weight excluding hydrogens is 239 g/mol. The van der Waals surface area contributed by atoms with E-state index in [9.17, 15) is 4.39 Å². The standard InChI is InChI=1S/C16H27FN2/c1-12(2)10-19(11-13(3)4)16-7-6-14(9-18-5)8-15(16)17/h6-8,12-13,18H,9-11H2,1-5H3. The molecule has 0 amide bonds. The zero-order valence-electron chi connectivity index (χ0n) is 12.8. The topological polar surface area (TPSA) is 15.3 Å². The van der Waals surface area contributed by atoms with Gasteiger partial charge in [0, 0.05) is 19.6 Å². The highest BCUT2D eigenvalue weighted by Crippen LogP contribution is 2.22. The molecule has 1 rings (SSSR count). The van der Waals surface area contributed by atoms with Gasteiger partial charge in [-0.1, -0.05) is 33.8 Å². The van der Waals surface area contributed by atoms with E-state index in [1.165, 1.54) is 0 Å². The maximum absolute atomic E-state index is 14.3. The molecule has 0 heterocycles. The molecular formula is C16H27FN2. The summed E-state index contributed by atoms with van der Waals surface area (Å²) < 4.78 is 14.3. The molecule has 0 fully saturated rings. The summed E-state index contributed by atoms with van der Waals surface area (Å²) in [4.78, 5) is 2.16. The van der Waals surface area contributed by atoms with Gasteiger partial charge in [0.1, 0.15) is 5.82 Å². The van der Waals surface area contributed by atoms with E-state index in [4.69, 9.17) is 0 Å². The monoisotopic (exact) mass is 266 g/mol. The first kappa shape index (κ1) is 16.0. The van der Waals surface area contributed by atoms with Crippen molar-refractivity contribution >= 4 is 5.69 Å². The molecule has 2 nitrogen and oxygen atoms in total. The lowest BCUT2D eigenvalue weighted by Crippen LogP contribution is -2.32. The van der Waals surface area contributed by atoms with Gasteiger partial charge < -0.3 is 10.2 Å². The number of hydrogen-bond donors (Lipinski definition) is 1. The Bertz CT molecular complexity index is 378. The Hall–Kier alpha value is -1.09. The summed E-state index contributed by atoms with van der Waals surface area (Å²) in [6.07, 6.45) is 0. The Morgan fingerprint density at radius 3 is 2.11 bits per heavy atom. The summed E-state index contributed by atoms with van der Waals surface area (Å²) in [5.41, 5.74) is 1.71. The summed E-state index contributed by atoms with van der Waals surface area (Å²) >= 11 is 0. The Morgan fingerprint density at radius 2 is 1.68 bits per heavy atom. The summed E-state index contributed by atoms with van der Waals surface area (Å²) in [7, 11) is 1.87. The molecule has 0 unspecified atom stereocenters. The summed E-state index contributed by atoms with van der Waals surface area (Å²) in [5, 5.41) is 3.04. The molecule has 0 aromatic heterocycles. The van der Waals surface area contributed by atoms with Gasteiger partial charge in [0.05, 0.1) is 5.69 Å². The van der Waals surface area contributed by atoms with Crippen molar-refractivity contribution in [3.63, 3.8) is 0 Å². The van der Waals surface area contributed by atoms with Gasteiger partial charge in [-0.25, -0.2) is 4.39 Å². The lowest BCUT2D eigenvalue weighted by Gasteiger charge is -2.29. The van der Waals surface area contributed by atoms with Crippen molar-refractivity contribution in [1.82, 2.24) is 5.32 Å². The number of hydrogen-bond acceptors (Lipinski definition) is 2. The van der Waals surface area contributed by atoms with Crippen LogP contribution < -0.4 is 10.2 Å². The second-order valence-electron chi connectivity index (χ2n) is 6.01. The van der Waals surface area contributed by atoms with E-state index in [-0.39, 0.29) is 5.82 Å².